The Labute approximate surface area is 75.9 Å². The summed E-state index contributed by atoms with van der Waals surface area (Å²) < 4.78 is 0. The minimum absolute atomic E-state index is 0.424. The van der Waals surface area contributed by atoms with E-state index in [1.807, 2.05) is 30.3 Å². The van der Waals surface area contributed by atoms with Gasteiger partial charge in [0, 0.05) is 0 Å². The Balaban J connectivity index is 2.49. The predicted octanol–water partition coefficient (Wildman–Crippen LogP) is 2.69. The van der Waals surface area contributed by atoms with Crippen molar-refractivity contribution in [1.29, 1.82) is 0 Å². The fourth-order valence-electron chi connectivity index (χ4n) is 0.761. The van der Waals surface area contributed by atoms with E-state index in [9.17, 15) is 4.79 Å². The fraction of sp³-hybridized carbons (Fsp3) is 0.125. The van der Waals surface area contributed by atoms with E-state index in [-0.39, 0.29) is 0 Å². The molecule has 0 aliphatic carbocycles. The number of benzene rings is 1. The number of carbonyl (C=O) groups excluding carboxylic acids is 1. The van der Waals surface area contributed by atoms with Crippen LogP contribution in [0.25, 0.3) is 0 Å². The van der Waals surface area contributed by atoms with Gasteiger partial charge in [-0.15, -0.1) is 5.11 Å². The van der Waals surface area contributed by atoms with E-state index in [1.54, 1.807) is 0 Å². The van der Waals surface area contributed by atoms with Crippen molar-refractivity contribution < 1.29 is 4.79 Å². The summed E-state index contributed by atoms with van der Waals surface area (Å²) in [6.45, 7) is 0.424. The Morgan fingerprint density at radius 3 is 2.58 bits per heavy atom. The number of rotatable bonds is 2. The van der Waals surface area contributed by atoms with E-state index in [2.05, 4.69) is 22.9 Å². The van der Waals surface area contributed by atoms with Crippen LogP contribution >= 0.6 is 12.6 Å². The molecule has 0 bridgehead atoms. The molecule has 0 heterocycles. The molecule has 3 nitrogen and oxygen atoms in total. The molecule has 0 spiro atoms. The number of amides is 1. The SMILES string of the molecule is O=C(S)N=NCc1ccccc1. The third-order valence-corrected chi connectivity index (χ3v) is 1.34. The van der Waals surface area contributed by atoms with Gasteiger partial charge in [0.1, 0.15) is 0 Å². The normalized spacial score (nSPS) is 10.4. The van der Waals surface area contributed by atoms with Crippen LogP contribution in [-0.2, 0) is 6.54 Å². The van der Waals surface area contributed by atoms with Crippen molar-refractivity contribution in [2.24, 2.45) is 10.2 Å². The van der Waals surface area contributed by atoms with Gasteiger partial charge in [0.15, 0.2) is 0 Å². The Morgan fingerprint density at radius 1 is 1.33 bits per heavy atom. The molecule has 4 heteroatoms. The lowest BCUT2D eigenvalue weighted by Gasteiger charge is -1.91. The minimum atomic E-state index is -0.564. The molecule has 1 aromatic carbocycles. The van der Waals surface area contributed by atoms with Crippen molar-refractivity contribution in [3.05, 3.63) is 35.9 Å². The molecule has 0 fully saturated rings. The van der Waals surface area contributed by atoms with Gasteiger partial charge < -0.3 is 0 Å². The van der Waals surface area contributed by atoms with Gasteiger partial charge in [-0.1, -0.05) is 43.0 Å². The van der Waals surface area contributed by atoms with Gasteiger partial charge in [0.2, 0.25) is 0 Å². The number of carbonyl (C=O) groups is 1. The molecular weight excluding hydrogens is 172 g/mol. The van der Waals surface area contributed by atoms with Gasteiger partial charge in [0.05, 0.1) is 6.54 Å². The highest BCUT2D eigenvalue weighted by Crippen LogP contribution is 2.00. The largest absolute Gasteiger partial charge is 0.319 e. The van der Waals surface area contributed by atoms with E-state index >= 15 is 0 Å². The maximum absolute atomic E-state index is 10.2. The summed E-state index contributed by atoms with van der Waals surface area (Å²) in [6, 6.07) is 9.58. The van der Waals surface area contributed by atoms with Crippen molar-refractivity contribution in [3.8, 4) is 0 Å². The number of nitrogens with zero attached hydrogens (tertiary/aromatic N) is 2. The first kappa shape index (κ1) is 8.93. The quantitative estimate of drug-likeness (QED) is 0.551. The van der Waals surface area contributed by atoms with Gasteiger partial charge in [-0.3, -0.25) is 4.79 Å². The van der Waals surface area contributed by atoms with Crippen LogP contribution in [0.3, 0.4) is 0 Å². The molecule has 0 radical (unpaired) electrons. The molecule has 0 aliphatic heterocycles. The number of azo groups is 1. The lowest BCUT2D eigenvalue weighted by atomic mass is 10.2. The van der Waals surface area contributed by atoms with Crippen LogP contribution in [0.4, 0.5) is 4.79 Å². The molecule has 0 aliphatic rings. The highest BCUT2D eigenvalue weighted by Gasteiger charge is 1.88. The summed E-state index contributed by atoms with van der Waals surface area (Å²) in [7, 11) is 0. The Kier molecular flexibility index (Phi) is 3.47. The summed E-state index contributed by atoms with van der Waals surface area (Å²) in [6.07, 6.45) is 0. The third kappa shape index (κ3) is 3.30. The van der Waals surface area contributed by atoms with Crippen LogP contribution in [0, 0.1) is 0 Å². The van der Waals surface area contributed by atoms with Gasteiger partial charge >= 0.3 is 5.24 Å². The molecule has 1 rings (SSSR count). The maximum atomic E-state index is 10.2. The van der Waals surface area contributed by atoms with Crippen molar-refractivity contribution in [3.63, 3.8) is 0 Å². The van der Waals surface area contributed by atoms with Crippen molar-refractivity contribution in [2.45, 2.75) is 6.54 Å². The summed E-state index contributed by atoms with van der Waals surface area (Å²) in [4.78, 5) is 10.2. The zero-order chi connectivity index (χ0) is 8.81. The lowest BCUT2D eigenvalue weighted by Crippen LogP contribution is -1.79. The van der Waals surface area contributed by atoms with Crippen molar-refractivity contribution >= 4 is 17.9 Å². The Bertz CT molecular complexity index is 284. The van der Waals surface area contributed by atoms with Gasteiger partial charge in [-0.2, -0.15) is 5.11 Å². The van der Waals surface area contributed by atoms with Crippen molar-refractivity contribution in [1.82, 2.24) is 0 Å². The summed E-state index contributed by atoms with van der Waals surface area (Å²) >= 11 is 3.45. The van der Waals surface area contributed by atoms with E-state index in [0.717, 1.165) is 5.56 Å². The molecule has 0 unspecified atom stereocenters. The van der Waals surface area contributed by atoms with E-state index in [0.29, 0.717) is 6.54 Å². The Morgan fingerprint density at radius 2 is 2.00 bits per heavy atom. The fourth-order valence-corrected chi connectivity index (χ4v) is 0.824. The number of thiol groups is 1. The first-order chi connectivity index (χ1) is 5.79. The highest BCUT2D eigenvalue weighted by molar-refractivity contribution is 7.96. The zero-order valence-corrected chi connectivity index (χ0v) is 7.24. The van der Waals surface area contributed by atoms with Crippen LogP contribution in [0.5, 0.6) is 0 Å². The topological polar surface area (TPSA) is 41.8 Å². The van der Waals surface area contributed by atoms with Crippen LogP contribution in [-0.4, -0.2) is 5.24 Å². The van der Waals surface area contributed by atoms with Crippen LogP contribution in [0.15, 0.2) is 40.6 Å². The average Bonchev–Trinajstić information content (AvgIpc) is 2.05. The second kappa shape index (κ2) is 4.66. The van der Waals surface area contributed by atoms with E-state index in [4.69, 9.17) is 0 Å². The monoisotopic (exact) mass is 180 g/mol. The molecule has 12 heavy (non-hydrogen) atoms. The summed E-state index contributed by atoms with van der Waals surface area (Å²) in [5.41, 5.74) is 1.02. The first-order valence-corrected chi connectivity index (χ1v) is 3.88. The highest BCUT2D eigenvalue weighted by atomic mass is 32.1. The molecule has 0 aromatic heterocycles. The Hall–Kier alpha value is -1.16. The molecule has 1 amide bonds. The molecule has 0 saturated heterocycles. The summed E-state index contributed by atoms with van der Waals surface area (Å²) in [5.74, 6) is 0. The lowest BCUT2D eigenvalue weighted by molar-refractivity contribution is 0.266. The third-order valence-electron chi connectivity index (χ3n) is 1.25. The van der Waals surface area contributed by atoms with Gasteiger partial charge in [0.25, 0.3) is 0 Å². The van der Waals surface area contributed by atoms with Gasteiger partial charge in [-0.25, -0.2) is 0 Å². The minimum Gasteiger partial charge on any atom is -0.258 e. The molecule has 0 atom stereocenters. The zero-order valence-electron chi connectivity index (χ0n) is 6.34. The molecule has 0 N–H and O–H groups in total. The van der Waals surface area contributed by atoms with Crippen LogP contribution < -0.4 is 0 Å². The second-order valence-electron chi connectivity index (χ2n) is 2.17. The van der Waals surface area contributed by atoms with E-state index in [1.165, 1.54) is 0 Å². The van der Waals surface area contributed by atoms with Crippen LogP contribution in [0.1, 0.15) is 5.56 Å². The maximum Gasteiger partial charge on any atom is 0.319 e. The summed E-state index contributed by atoms with van der Waals surface area (Å²) in [5, 5.41) is 6.35. The van der Waals surface area contributed by atoms with Crippen molar-refractivity contribution in [2.75, 3.05) is 0 Å². The molecule has 0 saturated carbocycles. The second-order valence-corrected chi connectivity index (χ2v) is 2.55. The standard InChI is InChI=1S/C8H8N2OS/c11-8(12)10-9-6-7-4-2-1-3-5-7/h1-5H,6H2,(H,11,12). The average molecular weight is 180 g/mol. The molecular formula is C8H8N2OS. The van der Waals surface area contributed by atoms with E-state index < -0.39 is 5.24 Å². The smallest absolute Gasteiger partial charge is 0.258 e. The molecule has 62 valence electrons. The number of hydrogen-bond donors (Lipinski definition) is 1. The van der Waals surface area contributed by atoms with Crippen LogP contribution in [0.2, 0.25) is 0 Å². The first-order valence-electron chi connectivity index (χ1n) is 3.43. The predicted molar refractivity (Wildman–Crippen MR) is 49.4 cm³/mol. The number of hydrogen-bond acceptors (Lipinski definition) is 2. The van der Waals surface area contributed by atoms with Gasteiger partial charge in [-0.05, 0) is 5.56 Å². The molecule has 1 aromatic rings.